The van der Waals surface area contributed by atoms with Crippen molar-refractivity contribution in [3.63, 3.8) is 0 Å². The molecule has 2 aliphatic rings. The number of rotatable bonds is 3. The number of carboxylic acids is 1. The molecule has 1 unspecified atom stereocenters. The van der Waals surface area contributed by atoms with Gasteiger partial charge < -0.3 is 15.7 Å². The van der Waals surface area contributed by atoms with Crippen LogP contribution in [-0.4, -0.2) is 40.5 Å². The van der Waals surface area contributed by atoms with Crippen molar-refractivity contribution in [2.45, 2.75) is 56.9 Å². The molecule has 1 aliphatic heterocycles. The van der Waals surface area contributed by atoms with E-state index >= 15 is 0 Å². The summed E-state index contributed by atoms with van der Waals surface area (Å²) in [6.45, 7) is 0.445. The molecule has 1 heterocycles. The molecule has 5 nitrogen and oxygen atoms in total. The second-order valence-electron chi connectivity index (χ2n) is 5.77. The first-order chi connectivity index (χ1) is 9.13. The van der Waals surface area contributed by atoms with E-state index in [0.717, 1.165) is 38.5 Å². The van der Waals surface area contributed by atoms with Crippen molar-refractivity contribution < 1.29 is 14.7 Å². The zero-order chi connectivity index (χ0) is 13.9. The molecule has 2 fully saturated rings. The highest BCUT2D eigenvalue weighted by Crippen LogP contribution is 2.42. The molecule has 0 bridgehead atoms. The highest BCUT2D eigenvalue weighted by Gasteiger charge is 2.52. The minimum atomic E-state index is -0.991. The number of carbonyl (C=O) groups is 2. The first kappa shape index (κ1) is 14.3. The number of nitrogens with zero attached hydrogens (tertiary/aromatic N) is 1. The van der Waals surface area contributed by atoms with E-state index in [4.69, 9.17) is 5.73 Å². The fourth-order valence-electron chi connectivity index (χ4n) is 3.86. The van der Waals surface area contributed by atoms with Crippen LogP contribution in [0.1, 0.15) is 51.4 Å². The van der Waals surface area contributed by atoms with E-state index in [-0.39, 0.29) is 18.4 Å². The number of hydrogen-bond donors (Lipinski definition) is 2. The summed E-state index contributed by atoms with van der Waals surface area (Å²) in [5.74, 6) is -0.955. The number of nitrogens with two attached hydrogens (primary N) is 1. The maximum absolute atomic E-state index is 12.1. The van der Waals surface area contributed by atoms with E-state index in [9.17, 15) is 14.7 Å². The van der Waals surface area contributed by atoms with Crippen LogP contribution in [0, 0.1) is 5.92 Å². The molecule has 0 aromatic carbocycles. The van der Waals surface area contributed by atoms with Crippen LogP contribution >= 0.6 is 0 Å². The summed E-state index contributed by atoms with van der Waals surface area (Å²) in [6.07, 6.45) is 7.51. The van der Waals surface area contributed by atoms with Gasteiger partial charge in [-0.05, 0) is 38.0 Å². The van der Waals surface area contributed by atoms with Gasteiger partial charge in [-0.25, -0.2) is 4.79 Å². The van der Waals surface area contributed by atoms with Crippen LogP contribution in [-0.2, 0) is 9.59 Å². The molecule has 108 valence electrons. The van der Waals surface area contributed by atoms with E-state index in [1.54, 1.807) is 4.90 Å². The molecule has 5 heteroatoms. The van der Waals surface area contributed by atoms with Gasteiger partial charge in [0, 0.05) is 6.54 Å². The molecular weight excluding hydrogens is 244 g/mol. The zero-order valence-electron chi connectivity index (χ0n) is 11.4. The number of carboxylic acid groups (broad SMARTS) is 1. The molecule has 2 rings (SSSR count). The summed E-state index contributed by atoms with van der Waals surface area (Å²) in [5, 5.41) is 9.82. The predicted octanol–water partition coefficient (Wildman–Crippen LogP) is 1.36. The Labute approximate surface area is 114 Å². The normalized spacial score (nSPS) is 29.2. The van der Waals surface area contributed by atoms with Gasteiger partial charge in [0.1, 0.15) is 5.54 Å². The third-order valence-electron chi connectivity index (χ3n) is 4.80. The molecule has 1 amide bonds. The lowest BCUT2D eigenvalue weighted by atomic mass is 9.69. The van der Waals surface area contributed by atoms with Crippen molar-refractivity contribution >= 4 is 11.9 Å². The van der Waals surface area contributed by atoms with E-state index in [0.29, 0.717) is 13.0 Å². The Kier molecular flexibility index (Phi) is 4.45. The average molecular weight is 268 g/mol. The maximum atomic E-state index is 12.1. The number of piperidine rings is 1. The number of likely N-dealkylation sites (tertiary alicyclic amines) is 1. The number of hydrogen-bond acceptors (Lipinski definition) is 3. The first-order valence-electron chi connectivity index (χ1n) is 7.37. The third-order valence-corrected chi connectivity index (χ3v) is 4.80. The Morgan fingerprint density at radius 3 is 2.42 bits per heavy atom. The van der Waals surface area contributed by atoms with Crippen LogP contribution in [0.2, 0.25) is 0 Å². The largest absolute Gasteiger partial charge is 0.479 e. The molecule has 3 N–H and O–H groups in total. The highest BCUT2D eigenvalue weighted by atomic mass is 16.4. The molecule has 1 saturated heterocycles. The minimum Gasteiger partial charge on any atom is -0.479 e. The second-order valence-corrected chi connectivity index (χ2v) is 5.77. The van der Waals surface area contributed by atoms with Crippen molar-refractivity contribution in [2.24, 2.45) is 11.7 Å². The molecule has 0 radical (unpaired) electrons. The van der Waals surface area contributed by atoms with E-state index in [1.807, 2.05) is 0 Å². The van der Waals surface area contributed by atoms with Gasteiger partial charge >= 0.3 is 5.97 Å². The van der Waals surface area contributed by atoms with Crippen LogP contribution in [0.3, 0.4) is 0 Å². The summed E-state index contributed by atoms with van der Waals surface area (Å²) in [5.41, 5.74) is 4.48. The van der Waals surface area contributed by atoms with Crippen LogP contribution in [0.15, 0.2) is 0 Å². The van der Waals surface area contributed by atoms with Gasteiger partial charge in [0.2, 0.25) is 5.91 Å². The van der Waals surface area contributed by atoms with Crippen LogP contribution in [0.4, 0.5) is 0 Å². The Hall–Kier alpha value is -1.10. The summed E-state index contributed by atoms with van der Waals surface area (Å²) < 4.78 is 0. The molecule has 1 atom stereocenters. The monoisotopic (exact) mass is 268 g/mol. The highest BCUT2D eigenvalue weighted by molar-refractivity contribution is 5.88. The average Bonchev–Trinajstić information content (AvgIpc) is 2.47. The van der Waals surface area contributed by atoms with E-state index in [1.165, 1.54) is 6.42 Å². The lowest BCUT2D eigenvalue weighted by Gasteiger charge is -2.49. The molecule has 0 aromatic rings. The van der Waals surface area contributed by atoms with Crippen molar-refractivity contribution in [1.29, 1.82) is 0 Å². The van der Waals surface area contributed by atoms with Gasteiger partial charge in [0.15, 0.2) is 0 Å². The standard InChI is InChI=1S/C14H24N2O3/c15-10-12(17)16-9-5-4-8-14(16,13(18)19)11-6-2-1-3-7-11/h11H,1-10,15H2,(H,18,19). The van der Waals surface area contributed by atoms with Crippen molar-refractivity contribution in [2.75, 3.05) is 13.1 Å². The second kappa shape index (κ2) is 5.90. The van der Waals surface area contributed by atoms with Crippen molar-refractivity contribution in [3.05, 3.63) is 0 Å². The van der Waals surface area contributed by atoms with Crippen LogP contribution < -0.4 is 5.73 Å². The van der Waals surface area contributed by atoms with Gasteiger partial charge in [-0.15, -0.1) is 0 Å². The van der Waals surface area contributed by atoms with Crippen molar-refractivity contribution in [3.8, 4) is 0 Å². The van der Waals surface area contributed by atoms with Gasteiger partial charge in [-0.3, -0.25) is 4.79 Å². The Morgan fingerprint density at radius 1 is 1.16 bits per heavy atom. The number of amides is 1. The molecule has 0 spiro atoms. The van der Waals surface area contributed by atoms with Gasteiger partial charge in [-0.2, -0.15) is 0 Å². The van der Waals surface area contributed by atoms with Gasteiger partial charge in [0.05, 0.1) is 6.54 Å². The maximum Gasteiger partial charge on any atom is 0.329 e. The fourth-order valence-corrected chi connectivity index (χ4v) is 3.86. The molecule has 1 aliphatic carbocycles. The van der Waals surface area contributed by atoms with Crippen LogP contribution in [0.25, 0.3) is 0 Å². The van der Waals surface area contributed by atoms with E-state index in [2.05, 4.69) is 0 Å². The Morgan fingerprint density at radius 2 is 1.84 bits per heavy atom. The van der Waals surface area contributed by atoms with Gasteiger partial charge in [0.25, 0.3) is 0 Å². The SMILES string of the molecule is NCC(=O)N1CCCCC1(C(=O)O)C1CCCCC1. The van der Waals surface area contributed by atoms with Crippen LogP contribution in [0.5, 0.6) is 0 Å². The predicted molar refractivity (Wildman–Crippen MR) is 71.6 cm³/mol. The quantitative estimate of drug-likeness (QED) is 0.809. The number of aliphatic carboxylic acids is 1. The summed E-state index contributed by atoms with van der Waals surface area (Å²) in [6, 6.07) is 0. The Balaban J connectivity index is 2.33. The van der Waals surface area contributed by atoms with Crippen molar-refractivity contribution in [1.82, 2.24) is 4.90 Å². The smallest absolute Gasteiger partial charge is 0.329 e. The topological polar surface area (TPSA) is 83.6 Å². The Bertz CT molecular complexity index is 353. The van der Waals surface area contributed by atoms with E-state index < -0.39 is 11.5 Å². The molecule has 1 saturated carbocycles. The summed E-state index contributed by atoms with van der Waals surface area (Å²) in [7, 11) is 0. The lowest BCUT2D eigenvalue weighted by Crippen LogP contribution is -2.64. The lowest BCUT2D eigenvalue weighted by molar-refractivity contribution is -0.168. The molecule has 0 aromatic heterocycles. The zero-order valence-corrected chi connectivity index (χ0v) is 11.4. The number of carbonyl (C=O) groups excluding carboxylic acids is 1. The minimum absolute atomic E-state index is 0.0922. The fraction of sp³-hybridized carbons (Fsp3) is 0.857. The van der Waals surface area contributed by atoms with Gasteiger partial charge in [-0.1, -0.05) is 19.3 Å². The molecule has 19 heavy (non-hydrogen) atoms. The first-order valence-corrected chi connectivity index (χ1v) is 7.37. The summed E-state index contributed by atoms with van der Waals surface area (Å²) >= 11 is 0. The summed E-state index contributed by atoms with van der Waals surface area (Å²) in [4.78, 5) is 25.6. The molecular formula is C14H24N2O3. The third kappa shape index (κ3) is 2.48.